The van der Waals surface area contributed by atoms with Gasteiger partial charge in [-0.1, -0.05) is 0 Å². The third kappa shape index (κ3) is 17.0. The third-order valence-electron chi connectivity index (χ3n) is 1.34. The lowest BCUT2D eigenvalue weighted by atomic mass is 10.2. The van der Waals surface area contributed by atoms with E-state index in [0.29, 0.717) is 11.0 Å². The molecule has 0 aliphatic carbocycles. The summed E-state index contributed by atoms with van der Waals surface area (Å²) in [5.74, 6) is -4.85. The lowest BCUT2D eigenvalue weighted by Crippen LogP contribution is -2.43. The van der Waals surface area contributed by atoms with Crippen LogP contribution in [0.25, 0.3) is 0 Å². The molecule has 8 nitrogen and oxygen atoms in total. The summed E-state index contributed by atoms with van der Waals surface area (Å²) in [5.41, 5.74) is 0. The Bertz CT molecular complexity index is 270. The number of aliphatic hydroxyl groups is 1. The molecule has 3 N–H and O–H groups in total. The number of aliphatic carboxylic acids is 3. The molecule has 0 aromatic rings. The number of aliphatic hydroxyl groups excluding tert-OH is 1. The summed E-state index contributed by atoms with van der Waals surface area (Å²) < 4.78 is 0.550. The number of carbonyl (C=O) groups is 3. The Balaban J connectivity index is 0. The van der Waals surface area contributed by atoms with E-state index in [1.165, 1.54) is 0 Å². The topological polar surface area (TPSA) is 135 Å². The fraction of sp³-hybridized carbons (Fsp3) is 0.667. The van der Waals surface area contributed by atoms with E-state index in [1.54, 1.807) is 0 Å². The van der Waals surface area contributed by atoms with Gasteiger partial charge in [0.2, 0.25) is 0 Å². The molecule has 1 unspecified atom stereocenters. The predicted molar refractivity (Wildman–Crippen MR) is 53.8 cm³/mol. The fourth-order valence-electron chi connectivity index (χ4n) is 0.889. The zero-order chi connectivity index (χ0) is 14.2. The van der Waals surface area contributed by atoms with Crippen molar-refractivity contribution < 1.29 is 39.3 Å². The van der Waals surface area contributed by atoms with Gasteiger partial charge in [-0.3, -0.25) is 0 Å². The van der Waals surface area contributed by atoms with Crippen LogP contribution in [0.5, 0.6) is 0 Å². The van der Waals surface area contributed by atoms with Gasteiger partial charge >= 0.3 is 11.9 Å². The first-order valence-corrected chi connectivity index (χ1v) is 4.60. The number of rotatable bonds is 4. The van der Waals surface area contributed by atoms with E-state index in [1.807, 2.05) is 21.1 Å². The number of nitrogens with zero attached hydrogens (tertiary/aromatic N) is 1. The molecule has 0 saturated heterocycles. The van der Waals surface area contributed by atoms with Crippen LogP contribution in [0.3, 0.4) is 0 Å². The standard InChI is InChI=1S/C7H15NO3.C2H2O4/c1-8(2,3)5-6(9)4-7(10)11;3-1(4)2(5)6/h6,9H,4-5H2,1-3H3;(H,3,4)(H,5,6). The SMILES string of the molecule is C[N+](C)(C)CC(O)CC(=O)[O-].O=C(O)C(=O)O. The Morgan fingerprint density at radius 3 is 1.65 bits per heavy atom. The molecule has 0 radical (unpaired) electrons. The zero-order valence-electron chi connectivity index (χ0n) is 9.91. The summed E-state index contributed by atoms with van der Waals surface area (Å²) >= 11 is 0. The molecule has 0 spiro atoms. The van der Waals surface area contributed by atoms with Gasteiger partial charge in [-0.05, 0) is 0 Å². The van der Waals surface area contributed by atoms with Gasteiger partial charge in [0, 0.05) is 12.4 Å². The molecule has 0 heterocycles. The minimum absolute atomic E-state index is 0.282. The van der Waals surface area contributed by atoms with Crippen LogP contribution in [0.1, 0.15) is 6.42 Å². The molecular weight excluding hydrogens is 234 g/mol. The van der Waals surface area contributed by atoms with Crippen LogP contribution in [0.4, 0.5) is 0 Å². The predicted octanol–water partition coefficient (Wildman–Crippen LogP) is -2.65. The van der Waals surface area contributed by atoms with Crippen LogP contribution in [0.15, 0.2) is 0 Å². The average Bonchev–Trinajstić information content (AvgIpc) is 1.98. The molecule has 100 valence electrons. The molecule has 0 aliphatic rings. The number of carbonyl (C=O) groups excluding carboxylic acids is 1. The maximum Gasteiger partial charge on any atom is 0.414 e. The second-order valence-electron chi connectivity index (χ2n) is 4.31. The number of hydrogen-bond donors (Lipinski definition) is 3. The molecule has 0 rings (SSSR count). The molecular formula is C9H17NO7. The van der Waals surface area contributed by atoms with Crippen molar-refractivity contribution in [1.82, 2.24) is 0 Å². The van der Waals surface area contributed by atoms with Gasteiger partial charge in [0.25, 0.3) is 0 Å². The molecule has 17 heavy (non-hydrogen) atoms. The van der Waals surface area contributed by atoms with Gasteiger partial charge in [-0.15, -0.1) is 0 Å². The van der Waals surface area contributed by atoms with Gasteiger partial charge < -0.3 is 29.7 Å². The molecule has 8 heteroatoms. The van der Waals surface area contributed by atoms with Crippen LogP contribution in [-0.2, 0) is 14.4 Å². The van der Waals surface area contributed by atoms with Crippen molar-refractivity contribution in [3.63, 3.8) is 0 Å². The first kappa shape index (κ1) is 17.7. The van der Waals surface area contributed by atoms with Crippen molar-refractivity contribution in [1.29, 1.82) is 0 Å². The van der Waals surface area contributed by atoms with E-state index in [0.717, 1.165) is 0 Å². The number of carboxylic acid groups (broad SMARTS) is 3. The van der Waals surface area contributed by atoms with E-state index in [-0.39, 0.29) is 6.42 Å². The van der Waals surface area contributed by atoms with Crippen LogP contribution in [-0.4, -0.2) is 71.5 Å². The van der Waals surface area contributed by atoms with Crippen LogP contribution in [0, 0.1) is 0 Å². The monoisotopic (exact) mass is 251 g/mol. The highest BCUT2D eigenvalue weighted by Crippen LogP contribution is 1.97. The largest absolute Gasteiger partial charge is 0.550 e. The van der Waals surface area contributed by atoms with Crippen LogP contribution in [0.2, 0.25) is 0 Å². The van der Waals surface area contributed by atoms with Crippen molar-refractivity contribution >= 4 is 17.9 Å². The molecule has 0 aliphatic heterocycles. The number of carboxylic acids is 3. The van der Waals surface area contributed by atoms with Gasteiger partial charge in [0.1, 0.15) is 12.6 Å². The normalized spacial score (nSPS) is 12.0. The molecule has 0 fully saturated rings. The summed E-state index contributed by atoms with van der Waals surface area (Å²) in [6, 6.07) is 0. The molecule has 0 saturated carbocycles. The van der Waals surface area contributed by atoms with E-state index < -0.39 is 24.0 Å². The quantitative estimate of drug-likeness (QED) is 0.367. The van der Waals surface area contributed by atoms with Crippen LogP contribution < -0.4 is 5.11 Å². The van der Waals surface area contributed by atoms with Gasteiger partial charge in [0.15, 0.2) is 0 Å². The lowest BCUT2D eigenvalue weighted by Gasteiger charge is -2.26. The van der Waals surface area contributed by atoms with Gasteiger partial charge in [0.05, 0.1) is 21.1 Å². The summed E-state index contributed by atoms with van der Waals surface area (Å²) in [4.78, 5) is 28.2. The molecule has 1 atom stereocenters. The van der Waals surface area contributed by atoms with E-state index >= 15 is 0 Å². The smallest absolute Gasteiger partial charge is 0.414 e. The second-order valence-corrected chi connectivity index (χ2v) is 4.31. The molecule has 0 amide bonds. The minimum atomic E-state index is -1.82. The summed E-state index contributed by atoms with van der Waals surface area (Å²) in [7, 11) is 5.66. The second kappa shape index (κ2) is 7.58. The third-order valence-corrected chi connectivity index (χ3v) is 1.34. The number of quaternary nitrogens is 1. The first-order chi connectivity index (χ1) is 7.45. The van der Waals surface area contributed by atoms with Crippen molar-refractivity contribution in [2.45, 2.75) is 12.5 Å². The molecule has 0 aromatic heterocycles. The summed E-state index contributed by atoms with van der Waals surface area (Å²) in [5, 5.41) is 33.9. The highest BCUT2D eigenvalue weighted by atomic mass is 16.4. The molecule has 0 aromatic carbocycles. The van der Waals surface area contributed by atoms with Crippen molar-refractivity contribution in [2.24, 2.45) is 0 Å². The summed E-state index contributed by atoms with van der Waals surface area (Å²) in [6.45, 7) is 0.425. The summed E-state index contributed by atoms with van der Waals surface area (Å²) in [6.07, 6.45) is -1.09. The van der Waals surface area contributed by atoms with Gasteiger partial charge in [-0.2, -0.15) is 0 Å². The van der Waals surface area contributed by atoms with E-state index in [9.17, 15) is 9.90 Å². The minimum Gasteiger partial charge on any atom is -0.550 e. The Kier molecular flexibility index (Phi) is 7.90. The zero-order valence-corrected chi connectivity index (χ0v) is 9.91. The van der Waals surface area contributed by atoms with Crippen LogP contribution >= 0.6 is 0 Å². The number of hydrogen-bond acceptors (Lipinski definition) is 5. The highest BCUT2D eigenvalue weighted by Gasteiger charge is 2.14. The van der Waals surface area contributed by atoms with E-state index in [2.05, 4.69) is 0 Å². The maximum absolute atomic E-state index is 10.0. The van der Waals surface area contributed by atoms with Crippen molar-refractivity contribution in [3.8, 4) is 0 Å². The Morgan fingerprint density at radius 2 is 1.47 bits per heavy atom. The van der Waals surface area contributed by atoms with E-state index in [4.69, 9.17) is 24.9 Å². The van der Waals surface area contributed by atoms with Crippen molar-refractivity contribution in [3.05, 3.63) is 0 Å². The fourth-order valence-corrected chi connectivity index (χ4v) is 0.889. The first-order valence-electron chi connectivity index (χ1n) is 4.60. The Labute approximate surface area is 98.3 Å². The molecule has 0 bridgehead atoms. The van der Waals surface area contributed by atoms with Crippen molar-refractivity contribution in [2.75, 3.05) is 27.7 Å². The lowest BCUT2D eigenvalue weighted by molar-refractivity contribution is -0.873. The number of likely N-dealkylation sites (N-methyl/N-ethyl adjacent to an activating group) is 1. The Hall–Kier alpha value is -1.67. The Morgan fingerprint density at radius 1 is 1.12 bits per heavy atom. The maximum atomic E-state index is 10.0. The highest BCUT2D eigenvalue weighted by molar-refractivity contribution is 6.27. The average molecular weight is 251 g/mol. The van der Waals surface area contributed by atoms with Gasteiger partial charge in [-0.25, -0.2) is 9.59 Å².